The van der Waals surface area contributed by atoms with Crippen LogP contribution in [0.1, 0.15) is 12.8 Å². The van der Waals surface area contributed by atoms with Gasteiger partial charge in [-0.25, -0.2) is 0 Å². The number of nitro benzene ring substituents is 1. The molecule has 1 aromatic carbocycles. The molecule has 6 heteroatoms. The van der Waals surface area contributed by atoms with Gasteiger partial charge in [0.25, 0.3) is 5.69 Å². The third kappa shape index (κ3) is 2.01. The quantitative estimate of drug-likeness (QED) is 0.474. The van der Waals surface area contributed by atoms with Gasteiger partial charge in [0.15, 0.2) is 0 Å². The number of hydrogen-bond donors (Lipinski definition) is 0. The van der Waals surface area contributed by atoms with E-state index >= 15 is 0 Å². The zero-order chi connectivity index (χ0) is 11.7. The number of hydrogen-bond acceptors (Lipinski definition) is 3. The molecule has 1 heterocycles. The van der Waals surface area contributed by atoms with E-state index in [9.17, 15) is 14.9 Å². The predicted molar refractivity (Wildman–Crippen MR) is 67.4 cm³/mol. The Morgan fingerprint density at radius 2 is 2.19 bits per heavy atom. The van der Waals surface area contributed by atoms with Crippen molar-refractivity contribution < 1.29 is 9.72 Å². The first-order chi connectivity index (χ1) is 7.59. The minimum Gasteiger partial charge on any atom is -0.311 e. The van der Waals surface area contributed by atoms with Crippen molar-refractivity contribution in [2.24, 2.45) is 0 Å². The van der Waals surface area contributed by atoms with Crippen LogP contribution in [0.3, 0.4) is 0 Å². The predicted octanol–water partition coefficient (Wildman–Crippen LogP) is 2.33. The van der Waals surface area contributed by atoms with Gasteiger partial charge in [-0.1, -0.05) is 0 Å². The summed E-state index contributed by atoms with van der Waals surface area (Å²) in [4.78, 5) is 23.4. The third-order valence-corrected chi connectivity index (χ3v) is 3.37. The molecule has 1 aliphatic heterocycles. The maximum Gasteiger partial charge on any atom is 0.270 e. The van der Waals surface area contributed by atoms with Gasteiger partial charge in [0.05, 0.1) is 10.6 Å². The second-order valence-electron chi connectivity index (χ2n) is 3.54. The first kappa shape index (κ1) is 11.3. The summed E-state index contributed by atoms with van der Waals surface area (Å²) in [7, 11) is 0. The molecule has 2 rings (SSSR count). The van der Waals surface area contributed by atoms with Crippen molar-refractivity contribution in [3.05, 3.63) is 31.9 Å². The van der Waals surface area contributed by atoms with Gasteiger partial charge in [-0.15, -0.1) is 0 Å². The van der Waals surface area contributed by atoms with Gasteiger partial charge in [0.1, 0.15) is 0 Å². The lowest BCUT2D eigenvalue weighted by Gasteiger charge is -2.16. The fraction of sp³-hybridized carbons (Fsp3) is 0.300. The lowest BCUT2D eigenvalue weighted by atomic mass is 10.2. The highest BCUT2D eigenvalue weighted by molar-refractivity contribution is 14.1. The average molecular weight is 332 g/mol. The fourth-order valence-corrected chi connectivity index (χ4v) is 2.52. The maximum absolute atomic E-state index is 11.5. The van der Waals surface area contributed by atoms with Crippen molar-refractivity contribution >= 4 is 39.9 Å². The number of amides is 1. The molecule has 0 radical (unpaired) electrons. The Kier molecular flexibility index (Phi) is 3.08. The second kappa shape index (κ2) is 4.36. The number of nitrogens with zero attached hydrogens (tertiary/aromatic N) is 2. The molecule has 0 N–H and O–H groups in total. The van der Waals surface area contributed by atoms with E-state index in [2.05, 4.69) is 0 Å². The molecule has 0 saturated carbocycles. The Morgan fingerprint density at radius 3 is 2.69 bits per heavy atom. The monoisotopic (exact) mass is 332 g/mol. The van der Waals surface area contributed by atoms with Crippen molar-refractivity contribution in [1.82, 2.24) is 0 Å². The van der Waals surface area contributed by atoms with E-state index in [4.69, 9.17) is 0 Å². The molecule has 5 nitrogen and oxygen atoms in total. The zero-order valence-electron chi connectivity index (χ0n) is 8.35. The minimum absolute atomic E-state index is 0.0554. The van der Waals surface area contributed by atoms with Gasteiger partial charge >= 0.3 is 0 Å². The average Bonchev–Trinajstić information content (AvgIpc) is 2.64. The van der Waals surface area contributed by atoms with Gasteiger partial charge in [0, 0.05) is 28.7 Å². The van der Waals surface area contributed by atoms with E-state index in [0.29, 0.717) is 13.0 Å². The summed E-state index contributed by atoms with van der Waals surface area (Å²) in [6.07, 6.45) is 1.42. The zero-order valence-corrected chi connectivity index (χ0v) is 10.5. The highest BCUT2D eigenvalue weighted by atomic mass is 127. The number of anilines is 1. The summed E-state index contributed by atoms with van der Waals surface area (Å²) in [5.41, 5.74) is 0.827. The standard InChI is InChI=1S/C10H9IN2O3/c11-8-6-7(13(15)16)3-4-9(8)12-5-1-2-10(12)14/h3-4,6H,1-2,5H2. The van der Waals surface area contributed by atoms with Crippen molar-refractivity contribution in [2.75, 3.05) is 11.4 Å². The summed E-state index contributed by atoms with van der Waals surface area (Å²) in [6.45, 7) is 0.701. The van der Waals surface area contributed by atoms with Gasteiger partial charge < -0.3 is 4.90 Å². The SMILES string of the molecule is O=C1CCCN1c1ccc([N+](=O)[O-])cc1I. The Bertz CT molecular complexity index is 461. The van der Waals surface area contributed by atoms with Gasteiger partial charge in [-0.2, -0.15) is 0 Å². The summed E-state index contributed by atoms with van der Waals surface area (Å²) < 4.78 is 0.738. The van der Waals surface area contributed by atoms with Crippen molar-refractivity contribution in [2.45, 2.75) is 12.8 Å². The molecule has 0 aliphatic carbocycles. The number of rotatable bonds is 2. The van der Waals surface area contributed by atoms with E-state index in [0.717, 1.165) is 15.7 Å². The van der Waals surface area contributed by atoms with Crippen LogP contribution in [0.4, 0.5) is 11.4 Å². The van der Waals surface area contributed by atoms with Crippen LogP contribution in [0.2, 0.25) is 0 Å². The number of carbonyl (C=O) groups excluding carboxylic acids is 1. The highest BCUT2D eigenvalue weighted by Gasteiger charge is 2.24. The van der Waals surface area contributed by atoms with Crippen LogP contribution >= 0.6 is 22.6 Å². The van der Waals surface area contributed by atoms with Crippen LogP contribution in [-0.4, -0.2) is 17.4 Å². The molecular weight excluding hydrogens is 323 g/mol. The van der Waals surface area contributed by atoms with E-state index in [1.165, 1.54) is 12.1 Å². The van der Waals surface area contributed by atoms with Crippen molar-refractivity contribution in [3.63, 3.8) is 0 Å². The van der Waals surface area contributed by atoms with E-state index in [-0.39, 0.29) is 11.6 Å². The number of benzene rings is 1. The molecule has 1 amide bonds. The number of carbonyl (C=O) groups is 1. The Hall–Kier alpha value is -1.18. The molecule has 0 bridgehead atoms. The minimum atomic E-state index is -0.433. The van der Waals surface area contributed by atoms with Gasteiger partial charge in [-0.05, 0) is 35.1 Å². The molecule has 0 aromatic heterocycles. The largest absolute Gasteiger partial charge is 0.311 e. The molecule has 1 aromatic rings. The van der Waals surface area contributed by atoms with Crippen LogP contribution in [-0.2, 0) is 4.79 Å². The van der Waals surface area contributed by atoms with Crippen LogP contribution in [0.5, 0.6) is 0 Å². The molecule has 0 unspecified atom stereocenters. The number of nitro groups is 1. The van der Waals surface area contributed by atoms with E-state index < -0.39 is 4.92 Å². The lowest BCUT2D eigenvalue weighted by molar-refractivity contribution is -0.384. The summed E-state index contributed by atoms with van der Waals surface area (Å²) in [5.74, 6) is 0.0896. The summed E-state index contributed by atoms with van der Waals surface area (Å²) >= 11 is 2.02. The fourth-order valence-electron chi connectivity index (χ4n) is 1.73. The van der Waals surface area contributed by atoms with Crippen molar-refractivity contribution in [3.8, 4) is 0 Å². The molecule has 0 atom stereocenters. The summed E-state index contributed by atoms with van der Waals surface area (Å²) in [5, 5.41) is 10.6. The molecule has 1 saturated heterocycles. The topological polar surface area (TPSA) is 63.5 Å². The first-order valence-electron chi connectivity index (χ1n) is 4.84. The Labute approximate surface area is 106 Å². The second-order valence-corrected chi connectivity index (χ2v) is 4.70. The van der Waals surface area contributed by atoms with Crippen LogP contribution < -0.4 is 4.90 Å². The molecule has 0 spiro atoms. The van der Waals surface area contributed by atoms with E-state index in [1.807, 2.05) is 22.6 Å². The maximum atomic E-state index is 11.5. The normalized spacial score (nSPS) is 15.6. The molecule has 84 valence electrons. The molecule has 1 aliphatic rings. The smallest absolute Gasteiger partial charge is 0.270 e. The Balaban J connectivity index is 2.36. The number of halogens is 1. The van der Waals surface area contributed by atoms with Gasteiger partial charge in [-0.3, -0.25) is 14.9 Å². The summed E-state index contributed by atoms with van der Waals surface area (Å²) in [6, 6.07) is 4.56. The highest BCUT2D eigenvalue weighted by Crippen LogP contribution is 2.29. The lowest BCUT2D eigenvalue weighted by Crippen LogP contribution is -2.24. The molecule has 16 heavy (non-hydrogen) atoms. The Morgan fingerprint density at radius 1 is 1.44 bits per heavy atom. The van der Waals surface area contributed by atoms with Crippen LogP contribution in [0.25, 0.3) is 0 Å². The van der Waals surface area contributed by atoms with Crippen molar-refractivity contribution in [1.29, 1.82) is 0 Å². The van der Waals surface area contributed by atoms with Gasteiger partial charge in [0.2, 0.25) is 5.91 Å². The third-order valence-electron chi connectivity index (χ3n) is 2.51. The first-order valence-corrected chi connectivity index (χ1v) is 5.92. The molecular formula is C10H9IN2O3. The molecule has 1 fully saturated rings. The number of non-ortho nitro benzene ring substituents is 1. The van der Waals surface area contributed by atoms with Crippen LogP contribution in [0, 0.1) is 13.7 Å². The van der Waals surface area contributed by atoms with Crippen LogP contribution in [0.15, 0.2) is 18.2 Å². The van der Waals surface area contributed by atoms with E-state index in [1.54, 1.807) is 11.0 Å².